The van der Waals surface area contributed by atoms with Crippen molar-refractivity contribution >= 4 is 11.8 Å². The molecule has 8 heteroatoms. The van der Waals surface area contributed by atoms with Gasteiger partial charge in [0, 0.05) is 44.4 Å². The second kappa shape index (κ2) is 6.99. The van der Waals surface area contributed by atoms with Gasteiger partial charge in [-0.3, -0.25) is 9.97 Å². The number of nitrogens with zero attached hydrogens (tertiary/aromatic N) is 5. The number of nitriles is 1. The number of nitrogens with one attached hydrogen (secondary N) is 2. The predicted octanol–water partition coefficient (Wildman–Crippen LogP) is 1.61. The van der Waals surface area contributed by atoms with Gasteiger partial charge in [0.25, 0.3) is 0 Å². The van der Waals surface area contributed by atoms with Crippen molar-refractivity contribution in [3.05, 3.63) is 36.0 Å². The third-order valence-corrected chi connectivity index (χ3v) is 4.72. The van der Waals surface area contributed by atoms with Crippen molar-refractivity contribution in [3.8, 4) is 6.07 Å². The van der Waals surface area contributed by atoms with Crippen molar-refractivity contribution in [2.45, 2.75) is 38.8 Å². The smallest absolute Gasteiger partial charge is 0.224 e. The molecule has 1 fully saturated rings. The fourth-order valence-corrected chi connectivity index (χ4v) is 2.73. The number of aliphatic hydroxyl groups excluding tert-OH is 1. The second-order valence-electron chi connectivity index (χ2n) is 6.71. The molecule has 1 aliphatic rings. The second-order valence-corrected chi connectivity index (χ2v) is 6.71. The van der Waals surface area contributed by atoms with E-state index in [0.717, 1.165) is 5.69 Å². The van der Waals surface area contributed by atoms with Crippen LogP contribution >= 0.6 is 0 Å². The van der Waals surface area contributed by atoms with Crippen LogP contribution in [0.3, 0.4) is 0 Å². The van der Waals surface area contributed by atoms with Gasteiger partial charge in [-0.25, -0.2) is 4.98 Å². The summed E-state index contributed by atoms with van der Waals surface area (Å²) in [5.41, 5.74) is 1.01. The van der Waals surface area contributed by atoms with Crippen LogP contribution in [-0.2, 0) is 6.42 Å². The minimum Gasteiger partial charge on any atom is -0.392 e. The van der Waals surface area contributed by atoms with Crippen LogP contribution in [0, 0.1) is 16.7 Å². The van der Waals surface area contributed by atoms with E-state index in [4.69, 9.17) is 0 Å². The zero-order valence-electron chi connectivity index (χ0n) is 14.3. The zero-order valence-corrected chi connectivity index (χ0v) is 14.3. The highest BCUT2D eigenvalue weighted by Crippen LogP contribution is 2.42. The summed E-state index contributed by atoms with van der Waals surface area (Å²) in [6.45, 7) is 4.59. The van der Waals surface area contributed by atoms with Crippen molar-refractivity contribution < 1.29 is 6.53 Å². The average molecular weight is 341 g/mol. The fraction of sp³-hybridized carbons (Fsp3) is 0.471. The number of anilines is 2. The first kappa shape index (κ1) is 17.0. The molecule has 3 rings (SSSR count). The molecule has 3 N–H and O–H groups in total. The Balaban J connectivity index is 0.00000243. The van der Waals surface area contributed by atoms with E-state index in [0.29, 0.717) is 36.7 Å². The third kappa shape index (κ3) is 3.67. The van der Waals surface area contributed by atoms with E-state index in [1.807, 2.05) is 13.8 Å². The molecule has 2 aromatic rings. The molecule has 1 aliphatic carbocycles. The first-order chi connectivity index (χ1) is 12.0. The molecule has 0 radical (unpaired) electrons. The molecule has 1 saturated carbocycles. The van der Waals surface area contributed by atoms with Crippen LogP contribution in [0.1, 0.15) is 33.0 Å². The SMILES string of the molecule is CC1(C)[C@@H](O)C[C@H]1Nc1nc(NCCc2cnccn2)ncc1C#N.[HH]. The Bertz CT molecular complexity index is 778. The van der Waals surface area contributed by atoms with Gasteiger partial charge in [0.1, 0.15) is 17.5 Å². The number of hydrogen-bond donors (Lipinski definition) is 3. The zero-order chi connectivity index (χ0) is 17.9. The Morgan fingerprint density at radius 3 is 2.84 bits per heavy atom. The summed E-state index contributed by atoms with van der Waals surface area (Å²) in [7, 11) is 0. The van der Waals surface area contributed by atoms with Crippen molar-refractivity contribution in [2.24, 2.45) is 5.41 Å². The third-order valence-electron chi connectivity index (χ3n) is 4.72. The summed E-state index contributed by atoms with van der Waals surface area (Å²) >= 11 is 0. The van der Waals surface area contributed by atoms with E-state index in [1.165, 1.54) is 6.20 Å². The fourth-order valence-electron chi connectivity index (χ4n) is 2.73. The Labute approximate surface area is 147 Å². The number of aromatic nitrogens is 4. The minimum atomic E-state index is -0.345. The van der Waals surface area contributed by atoms with Gasteiger partial charge >= 0.3 is 0 Å². The van der Waals surface area contributed by atoms with Crippen molar-refractivity contribution in [2.75, 3.05) is 17.2 Å². The monoisotopic (exact) mass is 341 g/mol. The molecule has 132 valence electrons. The molecular formula is C17H23N7O. The number of hydrogen-bond acceptors (Lipinski definition) is 8. The average Bonchev–Trinajstić information content (AvgIpc) is 2.62. The highest BCUT2D eigenvalue weighted by Gasteiger charge is 2.47. The van der Waals surface area contributed by atoms with Gasteiger partial charge in [-0.05, 0) is 6.42 Å². The summed E-state index contributed by atoms with van der Waals surface area (Å²) in [6.07, 6.45) is 7.50. The minimum absolute atomic E-state index is 0. The maximum atomic E-state index is 9.87. The van der Waals surface area contributed by atoms with Crippen LogP contribution in [-0.4, -0.2) is 43.7 Å². The van der Waals surface area contributed by atoms with E-state index in [1.54, 1.807) is 18.6 Å². The van der Waals surface area contributed by atoms with Gasteiger partial charge in [0.05, 0.1) is 18.0 Å². The Kier molecular flexibility index (Phi) is 4.76. The van der Waals surface area contributed by atoms with E-state index in [-0.39, 0.29) is 19.0 Å². The molecule has 25 heavy (non-hydrogen) atoms. The summed E-state index contributed by atoms with van der Waals surface area (Å²) in [5, 5.41) is 25.5. The lowest BCUT2D eigenvalue weighted by Crippen LogP contribution is -2.57. The number of aliphatic hydroxyl groups is 1. The molecule has 0 bridgehead atoms. The molecule has 0 aromatic carbocycles. The lowest BCUT2D eigenvalue weighted by atomic mass is 9.64. The highest BCUT2D eigenvalue weighted by atomic mass is 16.3. The Morgan fingerprint density at radius 1 is 1.36 bits per heavy atom. The standard InChI is InChI=1S/C17H21N7O.H2/c1-17(2)13(7-14(17)25)23-15-11(8-18)9-22-16(24-15)21-4-3-12-10-19-5-6-20-12;/h5-6,9-10,13-14,25H,3-4,7H2,1-2H3,(H2,21,22,23,24);1H/t13-,14+;/m1./s1. The molecule has 2 heterocycles. The normalized spacial score (nSPS) is 21.0. The molecule has 8 nitrogen and oxygen atoms in total. The molecule has 0 spiro atoms. The lowest BCUT2D eigenvalue weighted by molar-refractivity contribution is -0.0511. The maximum absolute atomic E-state index is 9.87. The van der Waals surface area contributed by atoms with E-state index >= 15 is 0 Å². The van der Waals surface area contributed by atoms with Crippen molar-refractivity contribution in [1.82, 2.24) is 19.9 Å². The van der Waals surface area contributed by atoms with Crippen LogP contribution in [0.25, 0.3) is 0 Å². The van der Waals surface area contributed by atoms with Gasteiger partial charge in [-0.15, -0.1) is 0 Å². The summed E-state index contributed by atoms with van der Waals surface area (Å²) in [5.74, 6) is 0.938. The first-order valence-corrected chi connectivity index (χ1v) is 8.21. The lowest BCUT2D eigenvalue weighted by Gasteiger charge is -2.49. The van der Waals surface area contributed by atoms with Gasteiger partial charge in [-0.2, -0.15) is 10.2 Å². The van der Waals surface area contributed by atoms with Crippen LogP contribution in [0.4, 0.5) is 11.8 Å². The summed E-state index contributed by atoms with van der Waals surface area (Å²) in [6, 6.07) is 2.17. The molecule has 0 unspecified atom stereocenters. The van der Waals surface area contributed by atoms with Crippen LogP contribution in [0.5, 0.6) is 0 Å². The Hall–Kier alpha value is -2.79. The van der Waals surface area contributed by atoms with Gasteiger partial charge in [0.2, 0.25) is 5.95 Å². The van der Waals surface area contributed by atoms with Crippen molar-refractivity contribution in [3.63, 3.8) is 0 Å². The topological polar surface area (TPSA) is 120 Å². The first-order valence-electron chi connectivity index (χ1n) is 8.21. The van der Waals surface area contributed by atoms with Gasteiger partial charge in [-0.1, -0.05) is 13.8 Å². The molecule has 2 aromatic heterocycles. The summed E-state index contributed by atoms with van der Waals surface area (Å²) in [4.78, 5) is 16.8. The highest BCUT2D eigenvalue weighted by molar-refractivity contribution is 5.54. The van der Waals surface area contributed by atoms with E-state index < -0.39 is 0 Å². The van der Waals surface area contributed by atoms with Crippen LogP contribution in [0.2, 0.25) is 0 Å². The van der Waals surface area contributed by atoms with E-state index in [9.17, 15) is 10.4 Å². The largest absolute Gasteiger partial charge is 0.392 e. The molecule has 0 saturated heterocycles. The van der Waals surface area contributed by atoms with Crippen LogP contribution < -0.4 is 10.6 Å². The quantitative estimate of drug-likeness (QED) is 0.725. The molecule has 2 atom stereocenters. The number of rotatable bonds is 6. The summed E-state index contributed by atoms with van der Waals surface area (Å²) < 4.78 is 0. The maximum Gasteiger partial charge on any atom is 0.224 e. The Morgan fingerprint density at radius 2 is 2.20 bits per heavy atom. The van der Waals surface area contributed by atoms with Crippen LogP contribution in [0.15, 0.2) is 24.8 Å². The predicted molar refractivity (Wildman–Crippen MR) is 94.9 cm³/mol. The molecular weight excluding hydrogens is 318 g/mol. The van der Waals surface area contributed by atoms with E-state index in [2.05, 4.69) is 36.6 Å². The van der Waals surface area contributed by atoms with Gasteiger partial charge in [0.15, 0.2) is 0 Å². The van der Waals surface area contributed by atoms with Gasteiger partial charge < -0.3 is 15.7 Å². The molecule has 0 aliphatic heterocycles. The van der Waals surface area contributed by atoms with Crippen molar-refractivity contribution in [1.29, 1.82) is 5.26 Å². The molecule has 0 amide bonds.